The van der Waals surface area contributed by atoms with Gasteiger partial charge in [-0.25, -0.2) is 4.79 Å². The number of aromatic carboxylic acids is 1. The highest BCUT2D eigenvalue weighted by Gasteiger charge is 2.37. The molecule has 86 valence electrons. The van der Waals surface area contributed by atoms with E-state index >= 15 is 0 Å². The molecule has 16 heavy (non-hydrogen) atoms. The van der Waals surface area contributed by atoms with Gasteiger partial charge in [0.25, 0.3) is 0 Å². The first-order valence-electron chi connectivity index (χ1n) is 5.49. The third-order valence-corrected chi connectivity index (χ3v) is 3.27. The van der Waals surface area contributed by atoms with E-state index in [0.717, 1.165) is 12.2 Å². The van der Waals surface area contributed by atoms with Gasteiger partial charge in [-0.3, -0.25) is 0 Å². The van der Waals surface area contributed by atoms with Gasteiger partial charge in [-0.15, -0.1) is 0 Å². The lowest BCUT2D eigenvalue weighted by molar-refractivity contribution is 0.0689. The van der Waals surface area contributed by atoms with Crippen molar-refractivity contribution in [1.82, 2.24) is 4.98 Å². The predicted molar refractivity (Wildman–Crippen MR) is 58.2 cm³/mol. The number of nitrogens with one attached hydrogen (secondary N) is 1. The summed E-state index contributed by atoms with van der Waals surface area (Å²) in [6.07, 6.45) is 2.65. The quantitative estimate of drug-likeness (QED) is 0.792. The van der Waals surface area contributed by atoms with E-state index in [1.165, 1.54) is 12.8 Å². The number of hydrogen-bond donors (Lipinski definition) is 2. The molecule has 1 aromatic rings. The molecule has 3 rings (SSSR count). The number of hydrogen-bond acceptors (Lipinski definition) is 3. The van der Waals surface area contributed by atoms with E-state index in [2.05, 4.69) is 9.88 Å². The molecule has 2 N–H and O–H groups in total. The van der Waals surface area contributed by atoms with Crippen LogP contribution >= 0.6 is 0 Å². The van der Waals surface area contributed by atoms with Crippen molar-refractivity contribution in [3.8, 4) is 5.88 Å². The van der Waals surface area contributed by atoms with E-state index in [0.29, 0.717) is 11.8 Å². The van der Waals surface area contributed by atoms with Crippen molar-refractivity contribution in [3.63, 3.8) is 0 Å². The van der Waals surface area contributed by atoms with Gasteiger partial charge in [-0.05, 0) is 24.8 Å². The van der Waals surface area contributed by atoms with Crippen LogP contribution in [0.3, 0.4) is 0 Å². The maximum atomic E-state index is 10.8. The standard InChI is InChI=1S/C11H14N2O3/c1-13-5-9(6-2-3-6)16-10-8(13)4-7(12-10)11(14)15/h4,6,9,12H,2-3,5H2,1H3,(H,14,15). The summed E-state index contributed by atoms with van der Waals surface area (Å²) in [5.74, 6) is 0.296. The molecule has 2 heterocycles. The summed E-state index contributed by atoms with van der Waals surface area (Å²) in [6, 6.07) is 1.63. The Bertz CT molecular complexity index is 436. The molecule has 1 saturated carbocycles. The van der Waals surface area contributed by atoms with Gasteiger partial charge in [0.1, 0.15) is 17.5 Å². The number of carboxylic acid groups (broad SMARTS) is 1. The van der Waals surface area contributed by atoms with Gasteiger partial charge in [0.15, 0.2) is 0 Å². The summed E-state index contributed by atoms with van der Waals surface area (Å²) < 4.78 is 5.80. The van der Waals surface area contributed by atoms with Crippen molar-refractivity contribution in [1.29, 1.82) is 0 Å². The molecule has 1 aliphatic heterocycles. The van der Waals surface area contributed by atoms with Crippen LogP contribution in [0.5, 0.6) is 5.88 Å². The minimum absolute atomic E-state index is 0.188. The Hall–Kier alpha value is -1.65. The maximum absolute atomic E-state index is 10.8. The van der Waals surface area contributed by atoms with Crippen molar-refractivity contribution < 1.29 is 14.6 Å². The average Bonchev–Trinajstić information content (AvgIpc) is 2.97. The molecular weight excluding hydrogens is 208 g/mol. The van der Waals surface area contributed by atoms with Crippen LogP contribution in [0.15, 0.2) is 6.07 Å². The van der Waals surface area contributed by atoms with Crippen LogP contribution in [0.1, 0.15) is 23.3 Å². The Morgan fingerprint density at radius 3 is 3.00 bits per heavy atom. The molecule has 0 spiro atoms. The Morgan fingerprint density at radius 1 is 1.62 bits per heavy atom. The van der Waals surface area contributed by atoms with Crippen LogP contribution in [0.25, 0.3) is 0 Å². The topological polar surface area (TPSA) is 65.6 Å². The zero-order chi connectivity index (χ0) is 11.3. The first kappa shape index (κ1) is 9.57. The molecular formula is C11H14N2O3. The van der Waals surface area contributed by atoms with Crippen molar-refractivity contribution >= 4 is 11.7 Å². The van der Waals surface area contributed by atoms with Gasteiger partial charge >= 0.3 is 5.97 Å². The minimum Gasteiger partial charge on any atom is -0.477 e. The van der Waals surface area contributed by atoms with Gasteiger partial charge in [-0.1, -0.05) is 0 Å². The SMILES string of the molecule is CN1CC(C2CC2)Oc2[nH]c(C(=O)O)cc21. The lowest BCUT2D eigenvalue weighted by Gasteiger charge is -2.31. The molecule has 0 saturated heterocycles. The van der Waals surface area contributed by atoms with Crippen LogP contribution in [0.2, 0.25) is 0 Å². The minimum atomic E-state index is -0.950. The summed E-state index contributed by atoms with van der Waals surface area (Å²) in [6.45, 7) is 0.842. The second-order valence-electron chi connectivity index (χ2n) is 4.58. The highest BCUT2D eigenvalue weighted by atomic mass is 16.5. The van der Waals surface area contributed by atoms with Crippen molar-refractivity contribution in [2.75, 3.05) is 18.5 Å². The second kappa shape index (κ2) is 3.17. The van der Waals surface area contributed by atoms with Gasteiger partial charge in [0.05, 0.1) is 6.54 Å². The Kier molecular flexibility index (Phi) is 1.89. The predicted octanol–water partition coefficient (Wildman–Crippen LogP) is 1.32. The first-order chi connectivity index (χ1) is 7.65. The highest BCUT2D eigenvalue weighted by Crippen LogP contribution is 2.41. The lowest BCUT2D eigenvalue weighted by atomic mass is 10.2. The van der Waals surface area contributed by atoms with Crippen LogP contribution < -0.4 is 9.64 Å². The molecule has 0 bridgehead atoms. The average molecular weight is 222 g/mol. The molecule has 1 unspecified atom stereocenters. The molecule has 1 atom stereocenters. The van der Waals surface area contributed by atoms with Crippen LogP contribution in [0, 0.1) is 5.92 Å². The first-order valence-corrected chi connectivity index (χ1v) is 5.49. The molecule has 2 aliphatic rings. The van der Waals surface area contributed by atoms with E-state index in [9.17, 15) is 4.79 Å². The van der Waals surface area contributed by atoms with E-state index in [-0.39, 0.29) is 11.8 Å². The zero-order valence-electron chi connectivity index (χ0n) is 9.06. The number of fused-ring (bicyclic) bond motifs is 1. The number of aromatic nitrogens is 1. The summed E-state index contributed by atoms with van der Waals surface area (Å²) >= 11 is 0. The van der Waals surface area contributed by atoms with Crippen LogP contribution in [-0.2, 0) is 0 Å². The molecule has 0 amide bonds. The Labute approximate surface area is 93.0 Å². The number of ether oxygens (including phenoxy) is 1. The van der Waals surface area contributed by atoms with Crippen molar-refractivity contribution in [2.45, 2.75) is 18.9 Å². The molecule has 0 aromatic carbocycles. The fraction of sp³-hybridized carbons (Fsp3) is 0.545. The van der Waals surface area contributed by atoms with Gasteiger partial charge in [0, 0.05) is 7.05 Å². The molecule has 1 aliphatic carbocycles. The largest absolute Gasteiger partial charge is 0.477 e. The summed E-state index contributed by atoms with van der Waals surface area (Å²) in [5.41, 5.74) is 1.03. The van der Waals surface area contributed by atoms with Gasteiger partial charge in [-0.2, -0.15) is 0 Å². The maximum Gasteiger partial charge on any atom is 0.352 e. The zero-order valence-corrected chi connectivity index (χ0v) is 9.06. The number of nitrogens with zero attached hydrogens (tertiary/aromatic N) is 1. The molecule has 0 radical (unpaired) electrons. The summed E-state index contributed by atoms with van der Waals surface area (Å²) in [5, 5.41) is 8.90. The fourth-order valence-corrected chi connectivity index (χ4v) is 2.18. The number of carboxylic acids is 1. The van der Waals surface area contributed by atoms with Crippen LogP contribution in [-0.4, -0.2) is 35.8 Å². The normalized spacial score (nSPS) is 23.8. The smallest absolute Gasteiger partial charge is 0.352 e. The summed E-state index contributed by atoms with van der Waals surface area (Å²) in [4.78, 5) is 15.7. The molecule has 1 fully saturated rings. The van der Waals surface area contributed by atoms with Gasteiger partial charge in [0.2, 0.25) is 5.88 Å². The van der Waals surface area contributed by atoms with Crippen LogP contribution in [0.4, 0.5) is 5.69 Å². The molecule has 5 heteroatoms. The third kappa shape index (κ3) is 1.43. The lowest BCUT2D eigenvalue weighted by Crippen LogP contribution is -2.38. The van der Waals surface area contributed by atoms with Crippen molar-refractivity contribution in [3.05, 3.63) is 11.8 Å². The number of anilines is 1. The van der Waals surface area contributed by atoms with E-state index in [1.54, 1.807) is 6.07 Å². The monoisotopic (exact) mass is 222 g/mol. The van der Waals surface area contributed by atoms with E-state index in [4.69, 9.17) is 9.84 Å². The number of aromatic amines is 1. The van der Waals surface area contributed by atoms with Crippen molar-refractivity contribution in [2.24, 2.45) is 5.92 Å². The summed E-state index contributed by atoms with van der Waals surface area (Å²) in [7, 11) is 1.97. The highest BCUT2D eigenvalue weighted by molar-refractivity contribution is 5.88. The Balaban J connectivity index is 1.91. The molecule has 1 aromatic heterocycles. The fourth-order valence-electron chi connectivity index (χ4n) is 2.18. The van der Waals surface area contributed by atoms with E-state index < -0.39 is 5.97 Å². The number of likely N-dealkylation sites (N-methyl/N-ethyl adjacent to an activating group) is 1. The Morgan fingerprint density at radius 2 is 2.38 bits per heavy atom. The number of carbonyl (C=O) groups is 1. The van der Waals surface area contributed by atoms with E-state index in [1.807, 2.05) is 7.05 Å². The van der Waals surface area contributed by atoms with Gasteiger partial charge < -0.3 is 19.7 Å². The number of H-pyrrole nitrogens is 1. The number of rotatable bonds is 2. The molecule has 5 nitrogen and oxygen atoms in total. The third-order valence-electron chi connectivity index (χ3n) is 3.27. The second-order valence-corrected chi connectivity index (χ2v) is 4.58.